The lowest BCUT2D eigenvalue weighted by Crippen LogP contribution is -2.05. The second-order valence-corrected chi connectivity index (χ2v) is 5.43. The van der Waals surface area contributed by atoms with Gasteiger partial charge in [0.05, 0.1) is 10.7 Å². The van der Waals surface area contributed by atoms with E-state index in [-0.39, 0.29) is 5.95 Å². The van der Waals surface area contributed by atoms with Crippen LogP contribution in [0.2, 0.25) is 5.02 Å². The Morgan fingerprint density at radius 3 is 2.68 bits per heavy atom. The van der Waals surface area contributed by atoms with Crippen LogP contribution in [0.3, 0.4) is 0 Å². The summed E-state index contributed by atoms with van der Waals surface area (Å²) in [6.45, 7) is 2.75. The van der Waals surface area contributed by atoms with Crippen molar-refractivity contribution in [2.75, 3.05) is 22.9 Å². The van der Waals surface area contributed by atoms with Crippen molar-refractivity contribution >= 4 is 57.5 Å². The van der Waals surface area contributed by atoms with Crippen molar-refractivity contribution < 1.29 is 0 Å². The summed E-state index contributed by atoms with van der Waals surface area (Å²) in [4.78, 5) is 8.21. The molecule has 0 spiro atoms. The molecule has 7 heteroatoms. The van der Waals surface area contributed by atoms with Crippen molar-refractivity contribution in [2.24, 2.45) is 0 Å². The van der Waals surface area contributed by atoms with Gasteiger partial charge in [-0.15, -0.1) is 0 Å². The number of hydrogen-bond acceptors (Lipinski definition) is 5. The zero-order valence-electron chi connectivity index (χ0n) is 10.2. The highest BCUT2D eigenvalue weighted by atomic mass is 127. The highest BCUT2D eigenvalue weighted by Crippen LogP contribution is 2.27. The van der Waals surface area contributed by atoms with Crippen molar-refractivity contribution in [3.63, 3.8) is 0 Å². The smallest absolute Gasteiger partial charge is 0.223 e. The summed E-state index contributed by atoms with van der Waals surface area (Å²) >= 11 is 8.37. The van der Waals surface area contributed by atoms with E-state index in [2.05, 4.69) is 43.2 Å². The maximum Gasteiger partial charge on any atom is 0.223 e. The van der Waals surface area contributed by atoms with E-state index in [4.69, 9.17) is 17.3 Å². The fourth-order valence-corrected chi connectivity index (χ4v) is 2.43. The van der Waals surface area contributed by atoms with Gasteiger partial charge in [0.1, 0.15) is 11.6 Å². The number of rotatable bonds is 4. The van der Waals surface area contributed by atoms with Crippen LogP contribution < -0.4 is 16.4 Å². The van der Waals surface area contributed by atoms with Crippen LogP contribution in [-0.2, 0) is 0 Å². The monoisotopic (exact) mass is 389 g/mol. The fourth-order valence-electron chi connectivity index (χ4n) is 1.53. The van der Waals surface area contributed by atoms with Crippen molar-refractivity contribution in [2.45, 2.75) is 6.92 Å². The first-order valence-electron chi connectivity index (χ1n) is 5.69. The van der Waals surface area contributed by atoms with Crippen LogP contribution in [0.4, 0.5) is 23.3 Å². The molecule has 0 bridgehead atoms. The molecule has 1 heterocycles. The van der Waals surface area contributed by atoms with Gasteiger partial charge in [0.15, 0.2) is 0 Å². The molecule has 0 aliphatic rings. The minimum Gasteiger partial charge on any atom is -0.370 e. The maximum absolute atomic E-state index is 6.16. The molecule has 0 saturated heterocycles. The summed E-state index contributed by atoms with van der Waals surface area (Å²) in [6.07, 6.45) is 0. The fraction of sp³-hybridized carbons (Fsp3) is 0.167. The summed E-state index contributed by atoms with van der Waals surface area (Å²) in [5.74, 6) is 1.49. The lowest BCUT2D eigenvalue weighted by atomic mass is 10.3. The summed E-state index contributed by atoms with van der Waals surface area (Å²) in [7, 11) is 0. The number of aromatic nitrogens is 2. The van der Waals surface area contributed by atoms with Crippen LogP contribution in [0.25, 0.3) is 0 Å². The van der Waals surface area contributed by atoms with Crippen LogP contribution in [0.15, 0.2) is 24.3 Å². The molecule has 0 atom stereocenters. The Morgan fingerprint density at radius 2 is 2.00 bits per heavy atom. The number of benzene rings is 1. The molecule has 4 N–H and O–H groups in total. The minimum atomic E-state index is 0.211. The molecule has 0 saturated carbocycles. The Kier molecular flexibility index (Phi) is 4.65. The number of nitrogens with one attached hydrogen (secondary N) is 2. The largest absolute Gasteiger partial charge is 0.370 e. The van der Waals surface area contributed by atoms with Gasteiger partial charge in [0, 0.05) is 16.2 Å². The first-order chi connectivity index (χ1) is 9.08. The summed E-state index contributed by atoms with van der Waals surface area (Å²) in [5.41, 5.74) is 6.45. The lowest BCUT2D eigenvalue weighted by molar-refractivity contribution is 1.12. The highest BCUT2D eigenvalue weighted by molar-refractivity contribution is 14.1. The van der Waals surface area contributed by atoms with E-state index in [1.807, 2.05) is 25.1 Å². The maximum atomic E-state index is 6.16. The number of nitrogens with two attached hydrogens (primary N) is 1. The van der Waals surface area contributed by atoms with Gasteiger partial charge in [-0.25, -0.2) is 0 Å². The number of nitrogen functional groups attached to an aromatic ring is 1. The Hall–Kier alpha value is -1.28. The van der Waals surface area contributed by atoms with Crippen LogP contribution in [0, 0.1) is 3.57 Å². The normalized spacial score (nSPS) is 10.3. The SMILES string of the molecule is CCNc1cc(Nc2ccc(I)cc2Cl)nc(N)n1. The average Bonchev–Trinajstić information content (AvgIpc) is 2.32. The molecule has 100 valence electrons. The van der Waals surface area contributed by atoms with Crippen LogP contribution in [0.1, 0.15) is 6.92 Å². The van der Waals surface area contributed by atoms with E-state index >= 15 is 0 Å². The van der Waals surface area contributed by atoms with E-state index in [1.165, 1.54) is 0 Å². The summed E-state index contributed by atoms with van der Waals surface area (Å²) in [5, 5.41) is 6.86. The zero-order valence-corrected chi connectivity index (χ0v) is 13.2. The molecule has 0 aliphatic carbocycles. The number of nitrogens with zero attached hydrogens (tertiary/aromatic N) is 2. The molecular weight excluding hydrogens is 377 g/mol. The van der Waals surface area contributed by atoms with Gasteiger partial charge < -0.3 is 16.4 Å². The molecular formula is C12H13ClIN5. The molecule has 0 unspecified atom stereocenters. The quantitative estimate of drug-likeness (QED) is 0.698. The van der Waals surface area contributed by atoms with Gasteiger partial charge in [-0.1, -0.05) is 11.6 Å². The number of halogens is 2. The van der Waals surface area contributed by atoms with Crippen LogP contribution >= 0.6 is 34.2 Å². The van der Waals surface area contributed by atoms with Crippen LogP contribution in [-0.4, -0.2) is 16.5 Å². The van der Waals surface area contributed by atoms with E-state index in [0.717, 1.165) is 15.8 Å². The Balaban J connectivity index is 2.27. The van der Waals surface area contributed by atoms with Gasteiger partial charge in [-0.3, -0.25) is 0 Å². The first kappa shape index (κ1) is 14.1. The minimum absolute atomic E-state index is 0.211. The third-order valence-electron chi connectivity index (χ3n) is 2.30. The third kappa shape index (κ3) is 3.84. The molecule has 0 aliphatic heterocycles. The molecule has 19 heavy (non-hydrogen) atoms. The number of hydrogen-bond donors (Lipinski definition) is 3. The second kappa shape index (κ2) is 6.25. The summed E-state index contributed by atoms with van der Waals surface area (Å²) in [6, 6.07) is 7.52. The first-order valence-corrected chi connectivity index (χ1v) is 7.14. The van der Waals surface area contributed by atoms with Crippen molar-refractivity contribution in [3.8, 4) is 0 Å². The molecule has 0 amide bonds. The van der Waals surface area contributed by atoms with Gasteiger partial charge in [-0.05, 0) is 47.7 Å². The molecule has 5 nitrogen and oxygen atoms in total. The topological polar surface area (TPSA) is 75.9 Å². The molecule has 0 radical (unpaired) electrons. The van der Waals surface area contributed by atoms with Gasteiger partial charge in [-0.2, -0.15) is 9.97 Å². The Morgan fingerprint density at radius 1 is 1.26 bits per heavy atom. The molecule has 1 aromatic carbocycles. The van der Waals surface area contributed by atoms with E-state index in [1.54, 1.807) is 6.07 Å². The second-order valence-electron chi connectivity index (χ2n) is 3.78. The third-order valence-corrected chi connectivity index (χ3v) is 3.28. The lowest BCUT2D eigenvalue weighted by Gasteiger charge is -2.10. The standard InChI is InChI=1S/C12H13ClIN5/c1-2-16-10-6-11(19-12(15)18-10)17-9-4-3-7(14)5-8(9)13/h3-6H,2H2,1H3,(H4,15,16,17,18,19). The molecule has 1 aromatic heterocycles. The van der Waals surface area contributed by atoms with Crippen molar-refractivity contribution in [1.29, 1.82) is 0 Å². The molecule has 2 aromatic rings. The summed E-state index contributed by atoms with van der Waals surface area (Å²) < 4.78 is 1.07. The Labute approximate surface area is 130 Å². The molecule has 2 rings (SSSR count). The van der Waals surface area contributed by atoms with E-state index < -0.39 is 0 Å². The van der Waals surface area contributed by atoms with E-state index in [0.29, 0.717) is 16.7 Å². The predicted molar refractivity (Wildman–Crippen MR) is 88.1 cm³/mol. The molecule has 0 fully saturated rings. The van der Waals surface area contributed by atoms with Crippen molar-refractivity contribution in [1.82, 2.24) is 9.97 Å². The van der Waals surface area contributed by atoms with Gasteiger partial charge >= 0.3 is 0 Å². The highest BCUT2D eigenvalue weighted by Gasteiger charge is 2.05. The van der Waals surface area contributed by atoms with E-state index in [9.17, 15) is 0 Å². The van der Waals surface area contributed by atoms with Gasteiger partial charge in [0.2, 0.25) is 5.95 Å². The predicted octanol–water partition coefficient (Wildman–Crippen LogP) is 3.49. The van der Waals surface area contributed by atoms with Crippen molar-refractivity contribution in [3.05, 3.63) is 32.9 Å². The Bertz CT molecular complexity index is 590. The average molecular weight is 390 g/mol. The van der Waals surface area contributed by atoms with Gasteiger partial charge in [0.25, 0.3) is 0 Å². The number of anilines is 4. The zero-order chi connectivity index (χ0) is 13.8. The van der Waals surface area contributed by atoms with Crippen LogP contribution in [0.5, 0.6) is 0 Å².